The van der Waals surface area contributed by atoms with Crippen molar-refractivity contribution in [1.29, 1.82) is 0 Å². The van der Waals surface area contributed by atoms with Crippen molar-refractivity contribution >= 4 is 5.91 Å². The lowest BCUT2D eigenvalue weighted by molar-refractivity contribution is -0.126. The summed E-state index contributed by atoms with van der Waals surface area (Å²) in [5.41, 5.74) is 0.976. The van der Waals surface area contributed by atoms with E-state index >= 15 is 0 Å². The Labute approximate surface area is 147 Å². The fraction of sp³-hybridized carbons (Fsp3) is 0.611. The molecule has 1 aromatic rings. The van der Waals surface area contributed by atoms with Crippen LogP contribution in [0.25, 0.3) is 0 Å². The standard InChI is InChI=1S/C18H25N3O4/c22-14-8-15(21(10-14)13-3-5-19-6-4-13)18(23)20-9-12-1-2-16-17(7-12)25-11-24-16/h1-2,7,13-15,19,22H,3-6,8-11H2,(H,20,23)/t14-,15+/m1/s1. The van der Waals surface area contributed by atoms with Crippen molar-refractivity contribution in [2.24, 2.45) is 0 Å². The van der Waals surface area contributed by atoms with Gasteiger partial charge in [-0.2, -0.15) is 0 Å². The van der Waals surface area contributed by atoms with Crippen LogP contribution in [0.2, 0.25) is 0 Å². The molecule has 7 nitrogen and oxygen atoms in total. The highest BCUT2D eigenvalue weighted by atomic mass is 16.7. The van der Waals surface area contributed by atoms with E-state index in [1.807, 2.05) is 18.2 Å². The van der Waals surface area contributed by atoms with E-state index in [2.05, 4.69) is 15.5 Å². The number of aliphatic hydroxyl groups is 1. The van der Waals surface area contributed by atoms with Crippen LogP contribution in [0, 0.1) is 0 Å². The molecule has 3 N–H and O–H groups in total. The van der Waals surface area contributed by atoms with E-state index in [1.54, 1.807) is 0 Å². The maximum absolute atomic E-state index is 12.7. The average molecular weight is 347 g/mol. The first kappa shape index (κ1) is 16.6. The first-order valence-corrected chi connectivity index (χ1v) is 9.01. The van der Waals surface area contributed by atoms with Crippen molar-refractivity contribution < 1.29 is 19.4 Å². The van der Waals surface area contributed by atoms with Gasteiger partial charge >= 0.3 is 0 Å². The quantitative estimate of drug-likeness (QED) is 0.723. The molecule has 0 spiro atoms. The summed E-state index contributed by atoms with van der Waals surface area (Å²) in [7, 11) is 0. The highest BCUT2D eigenvalue weighted by molar-refractivity contribution is 5.82. The number of piperidine rings is 1. The number of likely N-dealkylation sites (tertiary alicyclic amines) is 1. The molecule has 0 radical (unpaired) electrons. The zero-order valence-corrected chi connectivity index (χ0v) is 14.2. The van der Waals surface area contributed by atoms with Crippen LogP contribution in [0.15, 0.2) is 18.2 Å². The Balaban J connectivity index is 1.37. The Morgan fingerprint density at radius 3 is 2.92 bits per heavy atom. The van der Waals surface area contributed by atoms with Gasteiger partial charge in [-0.3, -0.25) is 9.69 Å². The topological polar surface area (TPSA) is 83.1 Å². The molecule has 0 unspecified atom stereocenters. The summed E-state index contributed by atoms with van der Waals surface area (Å²) >= 11 is 0. The molecule has 3 aliphatic rings. The number of fused-ring (bicyclic) bond motifs is 1. The molecule has 1 amide bonds. The fourth-order valence-corrected chi connectivity index (χ4v) is 4.00. The van der Waals surface area contributed by atoms with Gasteiger partial charge in [-0.25, -0.2) is 0 Å². The van der Waals surface area contributed by atoms with Gasteiger partial charge in [0, 0.05) is 19.1 Å². The van der Waals surface area contributed by atoms with Crippen molar-refractivity contribution in [3.8, 4) is 11.5 Å². The third kappa shape index (κ3) is 3.58. The van der Waals surface area contributed by atoms with Gasteiger partial charge in [0.2, 0.25) is 12.7 Å². The maximum Gasteiger partial charge on any atom is 0.237 e. The van der Waals surface area contributed by atoms with Crippen molar-refractivity contribution in [2.45, 2.75) is 44.0 Å². The molecular formula is C18H25N3O4. The maximum atomic E-state index is 12.7. The molecule has 0 aliphatic carbocycles. The molecule has 1 aromatic carbocycles. The predicted molar refractivity (Wildman–Crippen MR) is 91.4 cm³/mol. The van der Waals surface area contributed by atoms with Crippen LogP contribution in [0.4, 0.5) is 0 Å². The second kappa shape index (κ2) is 7.19. The van der Waals surface area contributed by atoms with Crippen LogP contribution in [0.3, 0.4) is 0 Å². The number of hydrogen-bond acceptors (Lipinski definition) is 6. The van der Waals surface area contributed by atoms with Crippen molar-refractivity contribution in [3.63, 3.8) is 0 Å². The highest BCUT2D eigenvalue weighted by Crippen LogP contribution is 2.32. The molecule has 25 heavy (non-hydrogen) atoms. The minimum atomic E-state index is -0.420. The molecule has 0 saturated carbocycles. The van der Waals surface area contributed by atoms with E-state index in [1.165, 1.54) is 0 Å². The van der Waals surface area contributed by atoms with Crippen LogP contribution in [-0.2, 0) is 11.3 Å². The molecule has 2 atom stereocenters. The van der Waals surface area contributed by atoms with Crippen molar-refractivity contribution in [3.05, 3.63) is 23.8 Å². The number of ether oxygens (including phenoxy) is 2. The molecule has 3 heterocycles. The number of amides is 1. The molecule has 0 bridgehead atoms. The summed E-state index contributed by atoms with van der Waals surface area (Å²) in [4.78, 5) is 14.9. The second-order valence-corrected chi connectivity index (χ2v) is 6.99. The van der Waals surface area contributed by atoms with E-state index in [4.69, 9.17) is 9.47 Å². The molecule has 4 rings (SSSR count). The van der Waals surface area contributed by atoms with Gasteiger partial charge in [0.25, 0.3) is 0 Å². The van der Waals surface area contributed by atoms with Crippen LogP contribution < -0.4 is 20.1 Å². The van der Waals surface area contributed by atoms with Crippen LogP contribution in [-0.4, -0.2) is 60.5 Å². The van der Waals surface area contributed by atoms with Crippen LogP contribution in [0.1, 0.15) is 24.8 Å². The molecule has 7 heteroatoms. The lowest BCUT2D eigenvalue weighted by atomic mass is 10.0. The number of hydrogen-bond donors (Lipinski definition) is 3. The number of rotatable bonds is 4. The molecule has 136 valence electrons. The monoisotopic (exact) mass is 347 g/mol. The first-order valence-electron chi connectivity index (χ1n) is 9.01. The Bertz CT molecular complexity index is 633. The predicted octanol–water partition coefficient (Wildman–Crippen LogP) is 0.219. The summed E-state index contributed by atoms with van der Waals surface area (Å²) in [5.74, 6) is 1.46. The summed E-state index contributed by atoms with van der Waals surface area (Å²) in [5, 5.41) is 16.4. The molecule has 0 aromatic heterocycles. The van der Waals surface area contributed by atoms with Gasteiger partial charge < -0.3 is 25.2 Å². The largest absolute Gasteiger partial charge is 0.454 e. The first-order chi connectivity index (χ1) is 12.2. The minimum absolute atomic E-state index is 0.00671. The normalized spacial score (nSPS) is 26.8. The van der Waals surface area contributed by atoms with Gasteiger partial charge in [0.1, 0.15) is 0 Å². The molecule has 2 fully saturated rings. The SMILES string of the molecule is O=C(NCc1ccc2c(c1)OCO2)[C@@H]1C[C@@H](O)CN1C1CCNCC1. The van der Waals surface area contributed by atoms with Crippen LogP contribution in [0.5, 0.6) is 11.5 Å². The number of β-amino-alcohol motifs (C(OH)–C–C–N with tert-alkyl or cyclic N) is 1. The van der Waals surface area contributed by atoms with E-state index in [0.717, 1.165) is 43.0 Å². The summed E-state index contributed by atoms with van der Waals surface area (Å²) in [6, 6.07) is 5.83. The summed E-state index contributed by atoms with van der Waals surface area (Å²) in [6.45, 7) is 3.23. The number of carbonyl (C=O) groups excluding carboxylic acids is 1. The highest BCUT2D eigenvalue weighted by Gasteiger charge is 2.39. The van der Waals surface area contributed by atoms with E-state index in [-0.39, 0.29) is 18.7 Å². The Hall–Kier alpha value is -1.83. The Morgan fingerprint density at radius 2 is 2.08 bits per heavy atom. The van der Waals surface area contributed by atoms with Gasteiger partial charge in [-0.1, -0.05) is 6.07 Å². The molecule has 3 aliphatic heterocycles. The number of benzene rings is 1. The number of carbonyl (C=O) groups is 1. The zero-order valence-electron chi connectivity index (χ0n) is 14.2. The van der Waals surface area contributed by atoms with Crippen LogP contribution >= 0.6 is 0 Å². The number of nitrogens with zero attached hydrogens (tertiary/aromatic N) is 1. The smallest absolute Gasteiger partial charge is 0.237 e. The van der Waals surface area contributed by atoms with Crippen molar-refractivity contribution in [1.82, 2.24) is 15.5 Å². The van der Waals surface area contributed by atoms with E-state index < -0.39 is 6.10 Å². The second-order valence-electron chi connectivity index (χ2n) is 6.99. The molecule has 2 saturated heterocycles. The van der Waals surface area contributed by atoms with E-state index in [0.29, 0.717) is 25.6 Å². The summed E-state index contributed by atoms with van der Waals surface area (Å²) < 4.78 is 10.7. The molecular weight excluding hydrogens is 322 g/mol. The lowest BCUT2D eigenvalue weighted by Crippen LogP contribution is -2.50. The van der Waals surface area contributed by atoms with Gasteiger partial charge in [0.05, 0.1) is 12.1 Å². The van der Waals surface area contributed by atoms with E-state index in [9.17, 15) is 9.90 Å². The van der Waals surface area contributed by atoms with Crippen molar-refractivity contribution in [2.75, 3.05) is 26.4 Å². The third-order valence-electron chi connectivity index (χ3n) is 5.30. The average Bonchev–Trinajstić information content (AvgIpc) is 3.26. The fourth-order valence-electron chi connectivity index (χ4n) is 4.00. The Morgan fingerprint density at radius 1 is 1.28 bits per heavy atom. The third-order valence-corrected chi connectivity index (χ3v) is 5.30. The van der Waals surface area contributed by atoms with Gasteiger partial charge in [-0.05, 0) is 50.0 Å². The lowest BCUT2D eigenvalue weighted by Gasteiger charge is -2.35. The van der Waals surface area contributed by atoms with Gasteiger partial charge in [-0.15, -0.1) is 0 Å². The number of aliphatic hydroxyl groups excluding tert-OH is 1. The minimum Gasteiger partial charge on any atom is -0.454 e. The number of nitrogens with one attached hydrogen (secondary N) is 2. The Kier molecular flexibility index (Phi) is 4.78. The van der Waals surface area contributed by atoms with Gasteiger partial charge in [0.15, 0.2) is 11.5 Å². The zero-order chi connectivity index (χ0) is 17.2. The summed E-state index contributed by atoms with van der Waals surface area (Å²) in [6.07, 6.45) is 2.14.